The summed E-state index contributed by atoms with van der Waals surface area (Å²) in [7, 11) is 0. The van der Waals surface area contributed by atoms with Crippen LogP contribution in [0.15, 0.2) is 36.8 Å². The molecule has 2 aromatic rings. The Morgan fingerprint density at radius 2 is 2.06 bits per heavy atom. The highest BCUT2D eigenvalue weighted by Gasteiger charge is 2.13. The summed E-state index contributed by atoms with van der Waals surface area (Å²) in [6, 6.07) is 6.09. The van der Waals surface area contributed by atoms with E-state index in [1.165, 1.54) is 11.5 Å². The average molecular weight is 260 g/mol. The van der Waals surface area contributed by atoms with Crippen LogP contribution in [0.3, 0.4) is 0 Å². The number of hydrogen-bond acceptors (Lipinski definition) is 4. The van der Waals surface area contributed by atoms with E-state index in [1.807, 2.05) is 30.2 Å². The molecule has 1 fully saturated rings. The number of pyridine rings is 1. The molecule has 4 nitrogen and oxygen atoms in total. The van der Waals surface area contributed by atoms with E-state index in [0.717, 1.165) is 31.0 Å². The van der Waals surface area contributed by atoms with Crippen molar-refractivity contribution < 1.29 is 0 Å². The summed E-state index contributed by atoms with van der Waals surface area (Å²) in [5.74, 6) is 2.45. The van der Waals surface area contributed by atoms with Crippen molar-refractivity contribution in [3.05, 3.63) is 36.8 Å². The molecule has 0 unspecified atom stereocenters. The molecule has 0 radical (unpaired) electrons. The quantitative estimate of drug-likeness (QED) is 0.845. The molecule has 0 aromatic carbocycles. The Morgan fingerprint density at radius 1 is 1.17 bits per heavy atom. The lowest BCUT2D eigenvalue weighted by Crippen LogP contribution is -2.34. The van der Waals surface area contributed by atoms with Crippen molar-refractivity contribution in [2.24, 2.45) is 0 Å². The molecule has 0 saturated carbocycles. The first-order chi connectivity index (χ1) is 8.93. The Hall–Kier alpha value is -1.33. The summed E-state index contributed by atoms with van der Waals surface area (Å²) in [4.78, 5) is 6.62. The second-order valence-corrected chi connectivity index (χ2v) is 5.55. The van der Waals surface area contributed by atoms with Gasteiger partial charge in [-0.15, -0.1) is 0 Å². The molecule has 1 saturated heterocycles. The van der Waals surface area contributed by atoms with Gasteiger partial charge in [-0.25, -0.2) is 0 Å². The van der Waals surface area contributed by atoms with Gasteiger partial charge in [0.2, 0.25) is 0 Å². The van der Waals surface area contributed by atoms with Gasteiger partial charge in [-0.05, 0) is 18.2 Å². The largest absolute Gasteiger partial charge is 0.283 e. The Morgan fingerprint density at radius 3 is 2.83 bits per heavy atom. The van der Waals surface area contributed by atoms with E-state index < -0.39 is 0 Å². The highest BCUT2D eigenvalue weighted by atomic mass is 32.2. The van der Waals surface area contributed by atoms with E-state index in [1.54, 1.807) is 6.20 Å². The summed E-state index contributed by atoms with van der Waals surface area (Å²) in [5.41, 5.74) is 2.27. The standard InChI is InChI=1S/C13H16N4S/c1-2-12(10-14-4-1)13-3-5-15-17(13)11-16-6-8-18-9-7-16/h1-5,10H,6-9,11H2. The van der Waals surface area contributed by atoms with Gasteiger partial charge in [0, 0.05) is 48.7 Å². The van der Waals surface area contributed by atoms with Gasteiger partial charge in [-0.2, -0.15) is 16.9 Å². The summed E-state index contributed by atoms with van der Waals surface area (Å²) >= 11 is 2.03. The number of thioether (sulfide) groups is 1. The van der Waals surface area contributed by atoms with Gasteiger partial charge < -0.3 is 0 Å². The molecule has 94 valence electrons. The van der Waals surface area contributed by atoms with Gasteiger partial charge in [0.1, 0.15) is 0 Å². The zero-order valence-electron chi connectivity index (χ0n) is 10.2. The molecule has 3 rings (SSSR count). The van der Waals surface area contributed by atoms with Gasteiger partial charge in [0.25, 0.3) is 0 Å². The van der Waals surface area contributed by atoms with E-state index in [0.29, 0.717) is 0 Å². The number of rotatable bonds is 3. The minimum atomic E-state index is 0.873. The maximum atomic E-state index is 4.43. The molecule has 0 bridgehead atoms. The molecular formula is C13H16N4S. The van der Waals surface area contributed by atoms with Crippen molar-refractivity contribution >= 4 is 11.8 Å². The summed E-state index contributed by atoms with van der Waals surface area (Å²) in [5, 5.41) is 4.43. The third kappa shape index (κ3) is 2.57. The van der Waals surface area contributed by atoms with Crippen molar-refractivity contribution in [3.63, 3.8) is 0 Å². The van der Waals surface area contributed by atoms with Gasteiger partial charge in [-0.3, -0.25) is 14.6 Å². The molecule has 1 aliphatic rings. The van der Waals surface area contributed by atoms with Crippen LogP contribution in [0.25, 0.3) is 11.3 Å². The summed E-state index contributed by atoms with van der Waals surface area (Å²) in [6.07, 6.45) is 5.55. The molecule has 0 spiro atoms. The fourth-order valence-corrected chi connectivity index (χ4v) is 3.12. The van der Waals surface area contributed by atoms with Gasteiger partial charge in [0.05, 0.1) is 12.4 Å². The first kappa shape index (κ1) is 11.7. The molecule has 0 atom stereocenters. The predicted molar refractivity (Wildman–Crippen MR) is 74.4 cm³/mol. The number of hydrogen-bond donors (Lipinski definition) is 0. The highest BCUT2D eigenvalue weighted by Crippen LogP contribution is 2.18. The van der Waals surface area contributed by atoms with E-state index in [2.05, 4.69) is 31.8 Å². The minimum absolute atomic E-state index is 0.873. The molecule has 0 N–H and O–H groups in total. The Bertz CT molecular complexity index is 491. The van der Waals surface area contributed by atoms with Crippen LogP contribution in [0.1, 0.15) is 0 Å². The molecule has 2 aromatic heterocycles. The van der Waals surface area contributed by atoms with Crippen LogP contribution in [-0.4, -0.2) is 44.3 Å². The van der Waals surface area contributed by atoms with Crippen molar-refractivity contribution in [2.45, 2.75) is 6.67 Å². The van der Waals surface area contributed by atoms with Crippen LogP contribution in [0, 0.1) is 0 Å². The lowest BCUT2D eigenvalue weighted by molar-refractivity contribution is 0.230. The smallest absolute Gasteiger partial charge is 0.0936 e. The molecule has 1 aliphatic heterocycles. The van der Waals surface area contributed by atoms with Crippen LogP contribution < -0.4 is 0 Å². The van der Waals surface area contributed by atoms with Crippen LogP contribution in [0.2, 0.25) is 0 Å². The van der Waals surface area contributed by atoms with E-state index in [4.69, 9.17) is 0 Å². The molecule has 18 heavy (non-hydrogen) atoms. The first-order valence-corrected chi connectivity index (χ1v) is 7.31. The fourth-order valence-electron chi connectivity index (χ4n) is 2.14. The Labute approximate surface area is 111 Å². The Kier molecular flexibility index (Phi) is 3.61. The normalized spacial score (nSPS) is 16.9. The predicted octanol–water partition coefficient (Wildman–Crippen LogP) is 1.95. The molecule has 0 aliphatic carbocycles. The molecule has 0 amide bonds. The fraction of sp³-hybridized carbons (Fsp3) is 0.385. The van der Waals surface area contributed by atoms with Crippen molar-refractivity contribution in [2.75, 3.05) is 24.6 Å². The van der Waals surface area contributed by atoms with E-state index >= 15 is 0 Å². The van der Waals surface area contributed by atoms with Gasteiger partial charge >= 0.3 is 0 Å². The molecule has 3 heterocycles. The van der Waals surface area contributed by atoms with Crippen LogP contribution in [0.5, 0.6) is 0 Å². The minimum Gasteiger partial charge on any atom is -0.283 e. The van der Waals surface area contributed by atoms with Crippen molar-refractivity contribution in [1.82, 2.24) is 19.7 Å². The molecule has 5 heteroatoms. The maximum Gasteiger partial charge on any atom is 0.0936 e. The monoisotopic (exact) mass is 260 g/mol. The SMILES string of the molecule is c1cncc(-c2ccnn2CN2CCSCC2)c1. The highest BCUT2D eigenvalue weighted by molar-refractivity contribution is 7.99. The average Bonchev–Trinajstić information content (AvgIpc) is 2.89. The van der Waals surface area contributed by atoms with E-state index in [-0.39, 0.29) is 0 Å². The van der Waals surface area contributed by atoms with Crippen LogP contribution in [-0.2, 0) is 6.67 Å². The van der Waals surface area contributed by atoms with Gasteiger partial charge in [-0.1, -0.05) is 0 Å². The zero-order valence-corrected chi connectivity index (χ0v) is 11.0. The summed E-state index contributed by atoms with van der Waals surface area (Å²) < 4.78 is 2.06. The topological polar surface area (TPSA) is 34.0 Å². The third-order valence-corrected chi connectivity index (χ3v) is 4.05. The van der Waals surface area contributed by atoms with E-state index in [9.17, 15) is 0 Å². The van der Waals surface area contributed by atoms with Crippen LogP contribution in [0.4, 0.5) is 0 Å². The second-order valence-electron chi connectivity index (χ2n) is 4.33. The van der Waals surface area contributed by atoms with Crippen molar-refractivity contribution in [1.29, 1.82) is 0 Å². The van der Waals surface area contributed by atoms with Crippen LogP contribution >= 0.6 is 11.8 Å². The summed E-state index contributed by atoms with van der Waals surface area (Å²) in [6.45, 7) is 3.17. The van der Waals surface area contributed by atoms with Crippen molar-refractivity contribution in [3.8, 4) is 11.3 Å². The first-order valence-electron chi connectivity index (χ1n) is 6.16. The third-order valence-electron chi connectivity index (χ3n) is 3.11. The Balaban J connectivity index is 1.79. The lowest BCUT2D eigenvalue weighted by Gasteiger charge is -2.26. The zero-order chi connectivity index (χ0) is 12.2. The molecular weight excluding hydrogens is 244 g/mol. The maximum absolute atomic E-state index is 4.43. The number of aromatic nitrogens is 3. The number of nitrogens with zero attached hydrogens (tertiary/aromatic N) is 4. The lowest BCUT2D eigenvalue weighted by atomic mass is 10.2. The van der Waals surface area contributed by atoms with Gasteiger partial charge in [0.15, 0.2) is 0 Å². The second kappa shape index (κ2) is 5.54.